The van der Waals surface area contributed by atoms with Crippen molar-refractivity contribution in [3.8, 4) is 0 Å². The van der Waals surface area contributed by atoms with Crippen LogP contribution < -0.4 is 0 Å². The summed E-state index contributed by atoms with van der Waals surface area (Å²) in [4.78, 5) is 10.9. The summed E-state index contributed by atoms with van der Waals surface area (Å²) in [5.41, 5.74) is 0.949. The lowest BCUT2D eigenvalue weighted by atomic mass is 9.79. The molecule has 1 aliphatic heterocycles. The number of aliphatic hydroxyl groups excluding tert-OH is 1. The smallest absolute Gasteiger partial charge is 0.145 e. The van der Waals surface area contributed by atoms with E-state index in [9.17, 15) is 5.11 Å². The summed E-state index contributed by atoms with van der Waals surface area (Å²) >= 11 is 6.11. The minimum absolute atomic E-state index is 0.0824. The maximum absolute atomic E-state index is 9.57. The van der Waals surface area contributed by atoms with Gasteiger partial charge in [-0.05, 0) is 37.7 Å². The molecule has 2 fully saturated rings. The molecule has 2 aromatic heterocycles. The Hall–Kier alpha value is -1.17. The molecule has 0 unspecified atom stereocenters. The van der Waals surface area contributed by atoms with Gasteiger partial charge in [-0.25, -0.2) is 9.97 Å². The van der Waals surface area contributed by atoms with Gasteiger partial charge in [0.15, 0.2) is 0 Å². The van der Waals surface area contributed by atoms with Crippen molar-refractivity contribution in [3.05, 3.63) is 23.7 Å². The van der Waals surface area contributed by atoms with E-state index in [1.807, 2.05) is 6.07 Å². The van der Waals surface area contributed by atoms with Gasteiger partial charge in [0.2, 0.25) is 0 Å². The van der Waals surface area contributed by atoms with Crippen molar-refractivity contribution in [1.82, 2.24) is 19.4 Å². The maximum Gasteiger partial charge on any atom is 0.145 e. The van der Waals surface area contributed by atoms with E-state index in [4.69, 9.17) is 11.6 Å². The first-order valence-electron chi connectivity index (χ1n) is 8.08. The third-order valence-corrected chi connectivity index (χ3v) is 5.44. The van der Waals surface area contributed by atoms with Gasteiger partial charge in [0.05, 0.1) is 11.5 Å². The Morgan fingerprint density at radius 3 is 2.77 bits per heavy atom. The Balaban J connectivity index is 1.37. The molecule has 0 amide bonds. The van der Waals surface area contributed by atoms with Crippen molar-refractivity contribution in [2.75, 3.05) is 19.6 Å². The van der Waals surface area contributed by atoms with Crippen molar-refractivity contribution < 1.29 is 5.11 Å². The SMILES string of the molecule is OC1CCN(C[C@H]2C[C@@H](n3ccc4c(Cl)ncnc43)C2)CC1. The predicted octanol–water partition coefficient (Wildman–Crippen LogP) is 2.49. The minimum Gasteiger partial charge on any atom is -0.393 e. The van der Waals surface area contributed by atoms with Gasteiger partial charge in [-0.15, -0.1) is 0 Å². The molecule has 3 heterocycles. The van der Waals surface area contributed by atoms with Gasteiger partial charge >= 0.3 is 0 Å². The lowest BCUT2D eigenvalue weighted by Crippen LogP contribution is -2.42. The van der Waals surface area contributed by atoms with Crippen LogP contribution in [0.5, 0.6) is 0 Å². The molecule has 1 saturated heterocycles. The van der Waals surface area contributed by atoms with Crippen LogP contribution in [0.4, 0.5) is 0 Å². The highest BCUT2D eigenvalue weighted by Gasteiger charge is 2.33. The molecule has 0 atom stereocenters. The number of aliphatic hydroxyl groups is 1. The standard InChI is InChI=1S/C16H21ClN4O/c17-15-14-3-6-21(16(14)19-10-18-15)12-7-11(8-12)9-20-4-1-13(22)2-5-20/h3,6,10-13,22H,1-2,4-5,7-9H2/t11-,12+. The molecule has 22 heavy (non-hydrogen) atoms. The number of piperidine rings is 1. The Labute approximate surface area is 134 Å². The fourth-order valence-electron chi connectivity index (χ4n) is 3.78. The first-order chi connectivity index (χ1) is 10.7. The highest BCUT2D eigenvalue weighted by Crippen LogP contribution is 2.40. The second kappa shape index (κ2) is 5.80. The largest absolute Gasteiger partial charge is 0.393 e. The molecule has 5 nitrogen and oxygen atoms in total. The molecule has 4 rings (SSSR count). The number of nitrogens with zero attached hydrogens (tertiary/aromatic N) is 4. The van der Waals surface area contributed by atoms with Gasteiger partial charge in [0.1, 0.15) is 17.1 Å². The second-order valence-corrected chi connectivity index (χ2v) is 7.01. The van der Waals surface area contributed by atoms with Crippen LogP contribution in [-0.2, 0) is 0 Å². The third kappa shape index (κ3) is 2.62. The van der Waals surface area contributed by atoms with Crippen LogP contribution in [0.3, 0.4) is 0 Å². The molecule has 1 N–H and O–H groups in total. The number of hydrogen-bond donors (Lipinski definition) is 1. The van der Waals surface area contributed by atoms with Crippen LogP contribution in [0, 0.1) is 5.92 Å². The number of hydrogen-bond acceptors (Lipinski definition) is 4. The highest BCUT2D eigenvalue weighted by atomic mass is 35.5. The van der Waals surface area contributed by atoms with Crippen LogP contribution >= 0.6 is 11.6 Å². The van der Waals surface area contributed by atoms with Crippen molar-refractivity contribution in [2.45, 2.75) is 37.8 Å². The quantitative estimate of drug-likeness (QED) is 0.883. The van der Waals surface area contributed by atoms with E-state index in [-0.39, 0.29) is 6.10 Å². The summed E-state index contributed by atoms with van der Waals surface area (Å²) < 4.78 is 2.25. The topological polar surface area (TPSA) is 54.2 Å². The zero-order valence-corrected chi connectivity index (χ0v) is 13.3. The van der Waals surface area contributed by atoms with Gasteiger partial charge in [-0.2, -0.15) is 0 Å². The van der Waals surface area contributed by atoms with E-state index in [1.165, 1.54) is 19.2 Å². The average Bonchev–Trinajstić information content (AvgIpc) is 2.89. The predicted molar refractivity (Wildman–Crippen MR) is 86.0 cm³/mol. The normalized spacial score (nSPS) is 27.2. The summed E-state index contributed by atoms with van der Waals surface area (Å²) in [5.74, 6) is 0.759. The molecule has 118 valence electrons. The summed E-state index contributed by atoms with van der Waals surface area (Å²) in [6.45, 7) is 3.24. The summed E-state index contributed by atoms with van der Waals surface area (Å²) in [7, 11) is 0. The Morgan fingerprint density at radius 2 is 2.00 bits per heavy atom. The number of rotatable bonds is 3. The molecule has 0 aromatic carbocycles. The maximum atomic E-state index is 9.57. The first kappa shape index (κ1) is 14.4. The van der Waals surface area contributed by atoms with E-state index in [1.54, 1.807) is 0 Å². The molecule has 1 saturated carbocycles. The minimum atomic E-state index is -0.0824. The molecular weight excluding hydrogens is 300 g/mol. The Morgan fingerprint density at radius 1 is 1.23 bits per heavy atom. The fourth-order valence-corrected chi connectivity index (χ4v) is 3.97. The van der Waals surface area contributed by atoms with Gasteiger partial charge < -0.3 is 14.6 Å². The zero-order valence-electron chi connectivity index (χ0n) is 12.5. The molecule has 1 aliphatic carbocycles. The van der Waals surface area contributed by atoms with Crippen LogP contribution in [0.1, 0.15) is 31.7 Å². The average molecular weight is 321 g/mol. The molecule has 2 aliphatic rings. The third-order valence-electron chi connectivity index (χ3n) is 5.14. The van der Waals surface area contributed by atoms with E-state index < -0.39 is 0 Å². The fraction of sp³-hybridized carbons (Fsp3) is 0.625. The number of aromatic nitrogens is 3. The van der Waals surface area contributed by atoms with Gasteiger partial charge in [-0.3, -0.25) is 0 Å². The van der Waals surface area contributed by atoms with Gasteiger partial charge in [0.25, 0.3) is 0 Å². The van der Waals surface area contributed by atoms with Crippen LogP contribution in [0.2, 0.25) is 5.15 Å². The van der Waals surface area contributed by atoms with Crippen molar-refractivity contribution >= 4 is 22.6 Å². The summed E-state index contributed by atoms with van der Waals surface area (Å²) in [5, 5.41) is 11.0. The van der Waals surface area contributed by atoms with E-state index in [2.05, 4.69) is 25.6 Å². The first-order valence-corrected chi connectivity index (χ1v) is 8.46. The molecule has 0 bridgehead atoms. The molecule has 0 radical (unpaired) electrons. The summed E-state index contributed by atoms with van der Waals surface area (Å²) in [6, 6.07) is 2.54. The number of likely N-dealkylation sites (tertiary alicyclic amines) is 1. The lowest BCUT2D eigenvalue weighted by Gasteiger charge is -2.41. The van der Waals surface area contributed by atoms with Crippen LogP contribution in [0.15, 0.2) is 18.6 Å². The van der Waals surface area contributed by atoms with Crippen molar-refractivity contribution in [3.63, 3.8) is 0 Å². The second-order valence-electron chi connectivity index (χ2n) is 6.65. The van der Waals surface area contributed by atoms with Crippen LogP contribution in [0.25, 0.3) is 11.0 Å². The summed E-state index contributed by atoms with van der Waals surface area (Å²) in [6.07, 6.45) is 7.79. The number of fused-ring (bicyclic) bond motifs is 1. The number of halogens is 1. The molecule has 6 heteroatoms. The molecule has 2 aromatic rings. The lowest BCUT2D eigenvalue weighted by molar-refractivity contribution is 0.0569. The van der Waals surface area contributed by atoms with Crippen LogP contribution in [-0.4, -0.2) is 50.3 Å². The Bertz CT molecular complexity index is 659. The van der Waals surface area contributed by atoms with E-state index >= 15 is 0 Å². The zero-order chi connectivity index (χ0) is 15.1. The van der Waals surface area contributed by atoms with Gasteiger partial charge in [-0.1, -0.05) is 11.6 Å². The van der Waals surface area contributed by atoms with Crippen molar-refractivity contribution in [1.29, 1.82) is 0 Å². The van der Waals surface area contributed by atoms with Gasteiger partial charge in [0, 0.05) is 31.9 Å². The monoisotopic (exact) mass is 320 g/mol. The molecular formula is C16H21ClN4O. The Kier molecular flexibility index (Phi) is 3.80. The highest BCUT2D eigenvalue weighted by molar-refractivity contribution is 6.33. The van der Waals surface area contributed by atoms with Crippen molar-refractivity contribution in [2.24, 2.45) is 5.92 Å². The van der Waals surface area contributed by atoms with E-state index in [0.717, 1.165) is 49.4 Å². The molecule has 0 spiro atoms. The van der Waals surface area contributed by atoms with E-state index in [0.29, 0.717) is 11.2 Å².